The molecule has 1 aromatic carbocycles. The second-order valence-corrected chi connectivity index (χ2v) is 9.78. The number of carboxylic acids is 1. The fourth-order valence-electron chi connectivity index (χ4n) is 2.88. The Morgan fingerprint density at radius 3 is 2.08 bits per heavy atom. The minimum Gasteiger partial charge on any atom is -0.481 e. The molecule has 2 N–H and O–H groups in total. The maximum atomic E-state index is 12.5. The van der Waals surface area contributed by atoms with Gasteiger partial charge < -0.3 is 5.11 Å². The molecular formula is C15H21NO6S2. The number of nitrogens with one attached hydrogen (secondary N) is 1. The Balaban J connectivity index is 2.24. The van der Waals surface area contributed by atoms with Crippen molar-refractivity contribution in [1.82, 2.24) is 4.72 Å². The van der Waals surface area contributed by atoms with Gasteiger partial charge in [-0.15, -0.1) is 0 Å². The highest BCUT2D eigenvalue weighted by Gasteiger charge is 2.32. The van der Waals surface area contributed by atoms with Crippen molar-refractivity contribution < 1.29 is 26.7 Å². The SMILES string of the molecule is CS(=O)(=O)c1ccc(S(=O)(=O)N[C@@H]2CCCCC[C@@H]2C(=O)O)cc1. The summed E-state index contributed by atoms with van der Waals surface area (Å²) in [4.78, 5) is 11.3. The highest BCUT2D eigenvalue weighted by Crippen LogP contribution is 2.25. The van der Waals surface area contributed by atoms with Crippen molar-refractivity contribution in [2.24, 2.45) is 5.92 Å². The lowest BCUT2D eigenvalue weighted by molar-refractivity contribution is -0.142. The van der Waals surface area contributed by atoms with Gasteiger partial charge in [0, 0.05) is 12.3 Å². The summed E-state index contributed by atoms with van der Waals surface area (Å²) in [6, 6.07) is 4.22. The summed E-state index contributed by atoms with van der Waals surface area (Å²) in [5, 5.41) is 9.33. The Morgan fingerprint density at radius 2 is 1.54 bits per heavy atom. The molecule has 1 aliphatic carbocycles. The standard InChI is InChI=1S/C15H21NO6S2/c1-23(19,20)11-7-9-12(10-8-11)24(21,22)16-14-6-4-2-3-5-13(14)15(17)18/h7-10,13-14,16H,2-6H2,1H3,(H,17,18)/t13-,14+/m0/s1. The van der Waals surface area contributed by atoms with E-state index in [9.17, 15) is 26.7 Å². The molecule has 0 unspecified atom stereocenters. The molecule has 0 radical (unpaired) electrons. The molecular weight excluding hydrogens is 354 g/mol. The first kappa shape index (κ1) is 18.9. The number of sulfone groups is 1. The van der Waals surface area contributed by atoms with E-state index in [4.69, 9.17) is 0 Å². The molecule has 2 rings (SSSR count). The topological polar surface area (TPSA) is 118 Å². The number of sulfonamides is 1. The molecule has 1 aromatic rings. The van der Waals surface area contributed by atoms with Crippen LogP contribution in [0, 0.1) is 5.92 Å². The van der Waals surface area contributed by atoms with Gasteiger partial charge in [0.05, 0.1) is 15.7 Å². The van der Waals surface area contributed by atoms with E-state index in [0.717, 1.165) is 25.5 Å². The highest BCUT2D eigenvalue weighted by atomic mass is 32.2. The van der Waals surface area contributed by atoms with Crippen molar-refractivity contribution >= 4 is 25.8 Å². The van der Waals surface area contributed by atoms with Gasteiger partial charge in [-0.25, -0.2) is 21.6 Å². The van der Waals surface area contributed by atoms with Crippen molar-refractivity contribution in [3.63, 3.8) is 0 Å². The lowest BCUT2D eigenvalue weighted by atomic mass is 9.96. The van der Waals surface area contributed by atoms with E-state index in [1.54, 1.807) is 0 Å². The lowest BCUT2D eigenvalue weighted by Crippen LogP contribution is -2.42. The van der Waals surface area contributed by atoms with Crippen LogP contribution < -0.4 is 4.72 Å². The number of benzene rings is 1. The first-order valence-electron chi connectivity index (χ1n) is 7.66. The highest BCUT2D eigenvalue weighted by molar-refractivity contribution is 7.90. The molecule has 0 spiro atoms. The van der Waals surface area contributed by atoms with Gasteiger partial charge in [0.25, 0.3) is 0 Å². The monoisotopic (exact) mass is 375 g/mol. The molecule has 134 valence electrons. The molecule has 0 aromatic heterocycles. The van der Waals surface area contributed by atoms with Crippen LogP contribution in [0.2, 0.25) is 0 Å². The molecule has 1 saturated carbocycles. The van der Waals surface area contributed by atoms with Crippen LogP contribution in [0.5, 0.6) is 0 Å². The number of hydrogen-bond donors (Lipinski definition) is 2. The van der Waals surface area contributed by atoms with E-state index in [1.165, 1.54) is 24.3 Å². The molecule has 1 fully saturated rings. The number of rotatable bonds is 5. The predicted molar refractivity (Wildman–Crippen MR) is 87.9 cm³/mol. The number of hydrogen-bond acceptors (Lipinski definition) is 5. The summed E-state index contributed by atoms with van der Waals surface area (Å²) in [7, 11) is -7.32. The summed E-state index contributed by atoms with van der Waals surface area (Å²) in [5.74, 6) is -1.76. The van der Waals surface area contributed by atoms with Crippen LogP contribution in [-0.2, 0) is 24.7 Å². The van der Waals surface area contributed by atoms with Crippen LogP contribution in [0.3, 0.4) is 0 Å². The van der Waals surface area contributed by atoms with Gasteiger partial charge in [-0.2, -0.15) is 0 Å². The van der Waals surface area contributed by atoms with Gasteiger partial charge in [0.2, 0.25) is 10.0 Å². The largest absolute Gasteiger partial charge is 0.481 e. The Bertz CT molecular complexity index is 799. The molecule has 0 heterocycles. The molecule has 0 aliphatic heterocycles. The summed E-state index contributed by atoms with van der Waals surface area (Å²) in [6.45, 7) is 0. The normalized spacial score (nSPS) is 22.7. The van der Waals surface area contributed by atoms with Gasteiger partial charge in [0.1, 0.15) is 0 Å². The van der Waals surface area contributed by atoms with E-state index in [2.05, 4.69) is 4.72 Å². The molecule has 1 aliphatic rings. The summed E-state index contributed by atoms with van der Waals surface area (Å²) >= 11 is 0. The fourth-order valence-corrected chi connectivity index (χ4v) is 4.82. The van der Waals surface area contributed by atoms with Crippen LogP contribution in [0.1, 0.15) is 32.1 Å². The van der Waals surface area contributed by atoms with Crippen molar-refractivity contribution in [3.05, 3.63) is 24.3 Å². The molecule has 0 bridgehead atoms. The van der Waals surface area contributed by atoms with Crippen LogP contribution in [0.15, 0.2) is 34.1 Å². The number of aliphatic carboxylic acids is 1. The van der Waals surface area contributed by atoms with E-state index in [-0.39, 0.29) is 9.79 Å². The van der Waals surface area contributed by atoms with Crippen LogP contribution in [0.4, 0.5) is 0 Å². The van der Waals surface area contributed by atoms with Gasteiger partial charge in [-0.05, 0) is 37.1 Å². The van der Waals surface area contributed by atoms with Gasteiger partial charge >= 0.3 is 5.97 Å². The zero-order valence-corrected chi connectivity index (χ0v) is 14.9. The van der Waals surface area contributed by atoms with Gasteiger partial charge in [0.15, 0.2) is 9.84 Å². The summed E-state index contributed by atoms with van der Waals surface area (Å²) in [5.41, 5.74) is 0. The zero-order valence-electron chi connectivity index (χ0n) is 13.3. The minimum absolute atomic E-state index is 0.0272. The fraction of sp³-hybridized carbons (Fsp3) is 0.533. The van der Waals surface area contributed by atoms with Crippen molar-refractivity contribution in [2.75, 3.05) is 6.26 Å². The van der Waals surface area contributed by atoms with E-state index in [0.29, 0.717) is 12.8 Å². The minimum atomic E-state index is -3.91. The zero-order chi connectivity index (χ0) is 18.0. The van der Waals surface area contributed by atoms with Gasteiger partial charge in [-0.3, -0.25) is 4.79 Å². The summed E-state index contributed by atoms with van der Waals surface area (Å²) in [6.07, 6.45) is 4.36. The van der Waals surface area contributed by atoms with E-state index < -0.39 is 37.8 Å². The van der Waals surface area contributed by atoms with Crippen molar-refractivity contribution in [2.45, 2.75) is 47.9 Å². The second kappa shape index (κ2) is 7.20. The maximum absolute atomic E-state index is 12.5. The molecule has 2 atom stereocenters. The Kier molecular flexibility index (Phi) is 5.67. The first-order valence-corrected chi connectivity index (χ1v) is 11.0. The van der Waals surface area contributed by atoms with Crippen LogP contribution >= 0.6 is 0 Å². The average Bonchev–Trinajstić information content (AvgIpc) is 2.71. The second-order valence-electron chi connectivity index (χ2n) is 6.05. The lowest BCUT2D eigenvalue weighted by Gasteiger charge is -2.22. The molecule has 7 nitrogen and oxygen atoms in total. The van der Waals surface area contributed by atoms with Crippen LogP contribution in [0.25, 0.3) is 0 Å². The van der Waals surface area contributed by atoms with Crippen molar-refractivity contribution in [3.8, 4) is 0 Å². The third kappa shape index (κ3) is 4.55. The third-order valence-electron chi connectivity index (χ3n) is 4.20. The molecule has 24 heavy (non-hydrogen) atoms. The Labute approximate surface area is 142 Å². The predicted octanol–water partition coefficient (Wildman–Crippen LogP) is 1.40. The first-order chi connectivity index (χ1) is 11.1. The average molecular weight is 375 g/mol. The van der Waals surface area contributed by atoms with Crippen molar-refractivity contribution in [1.29, 1.82) is 0 Å². The summed E-state index contributed by atoms with van der Waals surface area (Å²) < 4.78 is 50.3. The Morgan fingerprint density at radius 1 is 1.00 bits per heavy atom. The quantitative estimate of drug-likeness (QED) is 0.751. The van der Waals surface area contributed by atoms with E-state index >= 15 is 0 Å². The van der Waals surface area contributed by atoms with E-state index in [1.807, 2.05) is 0 Å². The molecule has 0 saturated heterocycles. The smallest absolute Gasteiger partial charge is 0.308 e. The van der Waals surface area contributed by atoms with Crippen LogP contribution in [-0.4, -0.2) is 40.2 Å². The third-order valence-corrected chi connectivity index (χ3v) is 6.84. The number of carbonyl (C=O) groups is 1. The molecule has 0 amide bonds. The molecule has 9 heteroatoms. The Hall–Kier alpha value is -1.45. The van der Waals surface area contributed by atoms with Gasteiger partial charge in [-0.1, -0.05) is 19.3 Å². The maximum Gasteiger partial charge on any atom is 0.308 e. The number of carboxylic acid groups (broad SMARTS) is 1.